The van der Waals surface area contributed by atoms with E-state index in [9.17, 15) is 0 Å². The highest BCUT2D eigenvalue weighted by molar-refractivity contribution is 5.06. The second kappa shape index (κ2) is 2.22. The van der Waals surface area contributed by atoms with Crippen molar-refractivity contribution < 1.29 is 4.74 Å². The Hall–Kier alpha value is -0.120. The molecular weight excluding hydrogens is 152 g/mol. The molecule has 0 amide bonds. The predicted molar refractivity (Wildman–Crippen MR) is 46.1 cm³/mol. The second-order valence-electron chi connectivity index (χ2n) is 4.64. The first-order valence-corrected chi connectivity index (χ1v) is 4.86. The van der Waals surface area contributed by atoms with Crippen LogP contribution in [0, 0.1) is 0 Å². The Kier molecular flexibility index (Phi) is 1.35. The molecule has 3 heterocycles. The van der Waals surface area contributed by atoms with Crippen molar-refractivity contribution in [1.29, 1.82) is 0 Å². The Balaban J connectivity index is 1.77. The van der Waals surface area contributed by atoms with Gasteiger partial charge in [-0.15, -0.1) is 0 Å². The third kappa shape index (κ3) is 0.817. The summed E-state index contributed by atoms with van der Waals surface area (Å²) in [6, 6.07) is 1.57. The highest BCUT2D eigenvalue weighted by Gasteiger charge is 2.49. The van der Waals surface area contributed by atoms with Gasteiger partial charge >= 0.3 is 0 Å². The third-order valence-corrected chi connectivity index (χ3v) is 3.58. The monoisotopic (exact) mass is 168 g/mol. The van der Waals surface area contributed by atoms with Gasteiger partial charge in [0, 0.05) is 25.2 Å². The smallest absolute Gasteiger partial charge is 0.0671 e. The number of hydrogen-bond acceptors (Lipinski definition) is 3. The molecule has 3 saturated heterocycles. The minimum Gasteiger partial charge on any atom is -0.377 e. The van der Waals surface area contributed by atoms with Crippen LogP contribution in [0.1, 0.15) is 13.3 Å². The zero-order chi connectivity index (χ0) is 8.18. The lowest BCUT2D eigenvalue weighted by Gasteiger charge is -2.49. The van der Waals surface area contributed by atoms with Crippen molar-refractivity contribution in [2.24, 2.45) is 0 Å². The topological polar surface area (TPSA) is 24.5 Å². The Morgan fingerprint density at radius 1 is 1.50 bits per heavy atom. The normalized spacial score (nSPS) is 44.8. The van der Waals surface area contributed by atoms with Gasteiger partial charge < -0.3 is 10.1 Å². The van der Waals surface area contributed by atoms with Crippen molar-refractivity contribution in [3.63, 3.8) is 0 Å². The maximum atomic E-state index is 5.30. The molecule has 68 valence electrons. The number of fused-ring (bicyclic) bond motifs is 2. The van der Waals surface area contributed by atoms with Crippen LogP contribution < -0.4 is 5.32 Å². The Bertz CT molecular complexity index is 203. The van der Waals surface area contributed by atoms with Crippen LogP contribution in [0.2, 0.25) is 0 Å². The van der Waals surface area contributed by atoms with Crippen molar-refractivity contribution in [3.8, 4) is 0 Å². The molecule has 1 N–H and O–H groups in total. The van der Waals surface area contributed by atoms with Crippen molar-refractivity contribution in [2.45, 2.75) is 31.0 Å². The summed E-state index contributed by atoms with van der Waals surface area (Å²) in [4.78, 5) is 2.65. The van der Waals surface area contributed by atoms with E-state index in [4.69, 9.17) is 4.74 Å². The lowest BCUT2D eigenvalue weighted by atomic mass is 9.96. The number of likely N-dealkylation sites (tertiary alicyclic amines) is 1. The number of rotatable bonds is 1. The van der Waals surface area contributed by atoms with Gasteiger partial charge in [-0.3, -0.25) is 4.90 Å². The first-order chi connectivity index (χ1) is 5.78. The summed E-state index contributed by atoms with van der Waals surface area (Å²) in [6.07, 6.45) is 1.36. The van der Waals surface area contributed by atoms with Gasteiger partial charge in [-0.1, -0.05) is 0 Å². The molecule has 2 unspecified atom stereocenters. The standard InChI is InChI=1S/C9H16N2O/c1-9(5-12-6-9)11-4-7-2-8(11)3-10-7/h7-8,10H,2-6H2,1H3. The van der Waals surface area contributed by atoms with Crippen LogP contribution in [0.15, 0.2) is 0 Å². The number of nitrogens with zero attached hydrogens (tertiary/aromatic N) is 1. The van der Waals surface area contributed by atoms with E-state index in [0.29, 0.717) is 5.54 Å². The fourth-order valence-electron chi connectivity index (χ4n) is 2.79. The number of piperazine rings is 1. The summed E-state index contributed by atoms with van der Waals surface area (Å²) < 4.78 is 5.30. The fourth-order valence-corrected chi connectivity index (χ4v) is 2.79. The van der Waals surface area contributed by atoms with E-state index in [1.807, 2.05) is 0 Å². The molecule has 0 aliphatic carbocycles. The van der Waals surface area contributed by atoms with Crippen LogP contribution in [0.3, 0.4) is 0 Å². The molecule has 12 heavy (non-hydrogen) atoms. The molecule has 3 aliphatic rings. The zero-order valence-electron chi connectivity index (χ0n) is 7.55. The maximum absolute atomic E-state index is 5.30. The molecule has 3 heteroatoms. The van der Waals surface area contributed by atoms with Crippen LogP contribution in [0.4, 0.5) is 0 Å². The Morgan fingerprint density at radius 2 is 2.33 bits per heavy atom. The van der Waals surface area contributed by atoms with E-state index in [0.717, 1.165) is 25.3 Å². The van der Waals surface area contributed by atoms with Crippen LogP contribution in [0.5, 0.6) is 0 Å². The molecule has 3 aliphatic heterocycles. The van der Waals surface area contributed by atoms with Crippen LogP contribution in [0.25, 0.3) is 0 Å². The SMILES string of the molecule is CC1(N2CC3CC2CN3)COC1. The molecule has 3 fully saturated rings. The van der Waals surface area contributed by atoms with Gasteiger partial charge in [-0.05, 0) is 13.3 Å². The molecule has 2 atom stereocenters. The average Bonchev–Trinajstić information content (AvgIpc) is 2.59. The van der Waals surface area contributed by atoms with Gasteiger partial charge in [0.25, 0.3) is 0 Å². The number of nitrogens with one attached hydrogen (secondary N) is 1. The molecule has 3 rings (SSSR count). The van der Waals surface area contributed by atoms with E-state index in [2.05, 4.69) is 17.1 Å². The molecule has 2 bridgehead atoms. The summed E-state index contributed by atoms with van der Waals surface area (Å²) in [7, 11) is 0. The third-order valence-electron chi connectivity index (χ3n) is 3.58. The van der Waals surface area contributed by atoms with Gasteiger partial charge in [0.05, 0.1) is 18.8 Å². The highest BCUT2D eigenvalue weighted by Crippen LogP contribution is 2.34. The Morgan fingerprint density at radius 3 is 2.75 bits per heavy atom. The minimum atomic E-state index is 0.377. The van der Waals surface area contributed by atoms with E-state index < -0.39 is 0 Å². The molecule has 0 aromatic carbocycles. The largest absolute Gasteiger partial charge is 0.377 e. The van der Waals surface area contributed by atoms with Crippen molar-refractivity contribution in [2.75, 3.05) is 26.3 Å². The van der Waals surface area contributed by atoms with Gasteiger partial charge in [0.15, 0.2) is 0 Å². The predicted octanol–water partition coefficient (Wildman–Crippen LogP) is -0.179. The van der Waals surface area contributed by atoms with Gasteiger partial charge in [-0.25, -0.2) is 0 Å². The zero-order valence-corrected chi connectivity index (χ0v) is 7.55. The quantitative estimate of drug-likeness (QED) is 0.588. The summed E-state index contributed by atoms with van der Waals surface area (Å²) >= 11 is 0. The summed E-state index contributed by atoms with van der Waals surface area (Å²) in [5.74, 6) is 0. The highest BCUT2D eigenvalue weighted by atomic mass is 16.5. The summed E-state index contributed by atoms with van der Waals surface area (Å²) in [5.41, 5.74) is 0.377. The van der Waals surface area contributed by atoms with Gasteiger partial charge in [-0.2, -0.15) is 0 Å². The van der Waals surface area contributed by atoms with Crippen LogP contribution >= 0.6 is 0 Å². The van der Waals surface area contributed by atoms with Crippen molar-refractivity contribution in [1.82, 2.24) is 10.2 Å². The fraction of sp³-hybridized carbons (Fsp3) is 1.00. The second-order valence-corrected chi connectivity index (χ2v) is 4.64. The van der Waals surface area contributed by atoms with E-state index >= 15 is 0 Å². The number of ether oxygens (including phenoxy) is 1. The molecule has 0 saturated carbocycles. The summed E-state index contributed by atoms with van der Waals surface area (Å²) in [6.45, 7) is 6.65. The van der Waals surface area contributed by atoms with E-state index in [1.54, 1.807) is 0 Å². The molecule has 0 radical (unpaired) electrons. The lowest BCUT2D eigenvalue weighted by molar-refractivity contribution is -0.137. The van der Waals surface area contributed by atoms with Gasteiger partial charge in [0.1, 0.15) is 0 Å². The van der Waals surface area contributed by atoms with E-state index in [1.165, 1.54) is 19.5 Å². The van der Waals surface area contributed by atoms with Gasteiger partial charge in [0.2, 0.25) is 0 Å². The molecule has 3 nitrogen and oxygen atoms in total. The first-order valence-electron chi connectivity index (χ1n) is 4.86. The lowest BCUT2D eigenvalue weighted by Crippen LogP contribution is -2.64. The molecule has 0 aromatic heterocycles. The molecule has 0 spiro atoms. The van der Waals surface area contributed by atoms with Crippen LogP contribution in [-0.2, 0) is 4.74 Å². The maximum Gasteiger partial charge on any atom is 0.0671 e. The minimum absolute atomic E-state index is 0.377. The van der Waals surface area contributed by atoms with Crippen molar-refractivity contribution >= 4 is 0 Å². The number of hydrogen-bond donors (Lipinski definition) is 1. The Labute approximate surface area is 73.1 Å². The molecule has 0 aromatic rings. The first kappa shape index (κ1) is 7.30. The van der Waals surface area contributed by atoms with Crippen LogP contribution in [-0.4, -0.2) is 48.8 Å². The average molecular weight is 168 g/mol. The molecular formula is C9H16N2O. The summed E-state index contributed by atoms with van der Waals surface area (Å²) in [5, 5.41) is 3.52. The van der Waals surface area contributed by atoms with Crippen molar-refractivity contribution in [3.05, 3.63) is 0 Å². The van der Waals surface area contributed by atoms with E-state index in [-0.39, 0.29) is 0 Å².